The van der Waals surface area contributed by atoms with Gasteiger partial charge in [0.05, 0.1) is 17.8 Å². The number of anilines is 3. The van der Waals surface area contributed by atoms with Gasteiger partial charge in [-0.2, -0.15) is 15.1 Å². The zero-order valence-electron chi connectivity index (χ0n) is 15.5. The highest BCUT2D eigenvalue weighted by Gasteiger charge is 2.55. The predicted molar refractivity (Wildman–Crippen MR) is 107 cm³/mol. The van der Waals surface area contributed by atoms with E-state index in [1.54, 1.807) is 11.6 Å². The Labute approximate surface area is 165 Å². The highest BCUT2D eigenvalue weighted by atomic mass is 32.1. The SMILES string of the molecule is CN(c1nc(Nc2cc(CO)[nH]n2)c2ncsc2n1)C1C[C@@H]2CC3C[C@H](C1)N32. The second-order valence-electron chi connectivity index (χ2n) is 8.06. The molecule has 0 aliphatic carbocycles. The Balaban J connectivity index is 1.30. The molecule has 3 aliphatic rings. The van der Waals surface area contributed by atoms with Crippen LogP contribution in [0.3, 0.4) is 0 Å². The molecule has 10 heteroatoms. The number of thiazole rings is 1. The summed E-state index contributed by atoms with van der Waals surface area (Å²) < 4.78 is 0. The highest BCUT2D eigenvalue weighted by Crippen LogP contribution is 2.49. The lowest BCUT2D eigenvalue weighted by Gasteiger charge is -2.66. The number of rotatable bonds is 5. The minimum Gasteiger partial charge on any atom is -0.390 e. The number of H-pyrrole nitrogens is 1. The van der Waals surface area contributed by atoms with Gasteiger partial charge in [-0.15, -0.1) is 11.3 Å². The molecule has 3 aromatic rings. The summed E-state index contributed by atoms with van der Waals surface area (Å²) in [5.74, 6) is 1.98. The molecule has 3 aromatic heterocycles. The van der Waals surface area contributed by atoms with Crippen molar-refractivity contribution in [2.45, 2.75) is 56.5 Å². The Hall–Kier alpha value is -2.30. The van der Waals surface area contributed by atoms with Gasteiger partial charge in [0.1, 0.15) is 5.52 Å². The summed E-state index contributed by atoms with van der Waals surface area (Å²) in [6, 6.07) is 4.60. The van der Waals surface area contributed by atoms with Crippen LogP contribution in [0.5, 0.6) is 0 Å². The van der Waals surface area contributed by atoms with Gasteiger partial charge in [0, 0.05) is 37.3 Å². The highest BCUT2D eigenvalue weighted by molar-refractivity contribution is 7.16. The van der Waals surface area contributed by atoms with E-state index in [1.165, 1.54) is 37.0 Å². The van der Waals surface area contributed by atoms with Gasteiger partial charge in [-0.3, -0.25) is 10.00 Å². The maximum absolute atomic E-state index is 9.24. The smallest absolute Gasteiger partial charge is 0.228 e. The molecule has 0 saturated carbocycles. The van der Waals surface area contributed by atoms with Crippen LogP contribution in [0.1, 0.15) is 31.4 Å². The van der Waals surface area contributed by atoms with Gasteiger partial charge in [0.25, 0.3) is 0 Å². The largest absolute Gasteiger partial charge is 0.390 e. The van der Waals surface area contributed by atoms with Gasteiger partial charge in [0.15, 0.2) is 16.5 Å². The van der Waals surface area contributed by atoms with Crippen molar-refractivity contribution in [3.63, 3.8) is 0 Å². The van der Waals surface area contributed by atoms with Crippen LogP contribution >= 0.6 is 11.3 Å². The molecule has 0 amide bonds. The van der Waals surface area contributed by atoms with E-state index in [4.69, 9.17) is 9.97 Å². The number of nitrogens with zero attached hydrogens (tertiary/aromatic N) is 6. The third-order valence-corrected chi connectivity index (χ3v) is 7.26. The Morgan fingerprint density at radius 3 is 2.75 bits per heavy atom. The number of aliphatic hydroxyl groups is 1. The van der Waals surface area contributed by atoms with Gasteiger partial charge >= 0.3 is 0 Å². The molecule has 3 saturated heterocycles. The second-order valence-corrected chi connectivity index (χ2v) is 8.89. The van der Waals surface area contributed by atoms with E-state index in [0.29, 0.717) is 23.4 Å². The van der Waals surface area contributed by atoms with E-state index in [2.05, 4.69) is 37.3 Å². The zero-order chi connectivity index (χ0) is 18.8. The zero-order valence-corrected chi connectivity index (χ0v) is 16.4. The maximum atomic E-state index is 9.24. The molecule has 0 spiro atoms. The fourth-order valence-corrected chi connectivity index (χ4v) is 5.75. The molecule has 6 heterocycles. The minimum atomic E-state index is -0.0829. The first kappa shape index (κ1) is 16.6. The fraction of sp³-hybridized carbons (Fsp3) is 0.556. The van der Waals surface area contributed by atoms with E-state index >= 15 is 0 Å². The summed E-state index contributed by atoms with van der Waals surface area (Å²) in [6.45, 7) is -0.0829. The van der Waals surface area contributed by atoms with Crippen molar-refractivity contribution >= 4 is 39.3 Å². The molecule has 0 aromatic carbocycles. The summed E-state index contributed by atoms with van der Waals surface area (Å²) in [5.41, 5.74) is 3.18. The van der Waals surface area contributed by atoms with Crippen molar-refractivity contribution in [3.05, 3.63) is 17.3 Å². The average molecular weight is 398 g/mol. The second kappa shape index (κ2) is 6.10. The summed E-state index contributed by atoms with van der Waals surface area (Å²) in [6.07, 6.45) is 5.09. The standard InChI is InChI=1S/C18H22N8OS/c1-25(10-3-11-5-13-6-12(4-10)26(11)13)18-21-16(15-17(22-18)28-8-19-15)20-14-2-9(7-27)23-24-14/h2,8,10-13,27H,3-7H2,1H3,(H2,20,21,22,23,24)/t10?,11-,12+,13?. The number of hydrogen-bond donors (Lipinski definition) is 3. The summed E-state index contributed by atoms with van der Waals surface area (Å²) >= 11 is 1.52. The van der Waals surface area contributed by atoms with Crippen LogP contribution in [0.2, 0.25) is 0 Å². The lowest BCUT2D eigenvalue weighted by molar-refractivity contribution is -0.148. The van der Waals surface area contributed by atoms with Crippen molar-refractivity contribution < 1.29 is 5.11 Å². The lowest BCUT2D eigenvalue weighted by Crippen LogP contribution is -2.74. The molecule has 3 fully saturated rings. The first-order valence-corrected chi connectivity index (χ1v) is 10.6. The number of fused-ring (bicyclic) bond motifs is 1. The molecule has 146 valence electrons. The van der Waals surface area contributed by atoms with Crippen LogP contribution in [0.4, 0.5) is 17.6 Å². The fourth-order valence-electron chi connectivity index (χ4n) is 5.09. The quantitative estimate of drug-likeness (QED) is 0.598. The van der Waals surface area contributed by atoms with Crippen LogP contribution in [0.25, 0.3) is 10.3 Å². The van der Waals surface area contributed by atoms with Crippen LogP contribution in [0, 0.1) is 0 Å². The van der Waals surface area contributed by atoms with E-state index in [-0.39, 0.29) is 6.61 Å². The molecular weight excluding hydrogens is 376 g/mol. The first-order chi connectivity index (χ1) is 13.7. The number of piperidine rings is 2. The molecule has 4 atom stereocenters. The van der Waals surface area contributed by atoms with Gasteiger partial charge in [0.2, 0.25) is 5.95 Å². The normalized spacial score (nSPS) is 28.5. The number of nitrogens with one attached hydrogen (secondary N) is 2. The Morgan fingerprint density at radius 2 is 2.04 bits per heavy atom. The first-order valence-electron chi connectivity index (χ1n) is 9.73. The number of aromatic amines is 1. The molecule has 3 N–H and O–H groups in total. The third-order valence-electron chi connectivity index (χ3n) is 6.54. The van der Waals surface area contributed by atoms with E-state index in [9.17, 15) is 5.11 Å². The van der Waals surface area contributed by atoms with Crippen molar-refractivity contribution in [2.24, 2.45) is 0 Å². The summed E-state index contributed by atoms with van der Waals surface area (Å²) in [4.78, 5) is 19.8. The van der Waals surface area contributed by atoms with Crippen molar-refractivity contribution in [1.82, 2.24) is 30.0 Å². The lowest BCUT2D eigenvalue weighted by atomic mass is 9.68. The Bertz CT molecular complexity index is 1020. The topological polar surface area (TPSA) is 106 Å². The van der Waals surface area contributed by atoms with E-state index in [1.807, 2.05) is 0 Å². The number of aromatic nitrogens is 5. The van der Waals surface area contributed by atoms with Gasteiger partial charge in [-0.1, -0.05) is 0 Å². The predicted octanol–water partition coefficient (Wildman–Crippen LogP) is 1.86. The number of hydrogen-bond acceptors (Lipinski definition) is 9. The average Bonchev–Trinajstić information content (AvgIpc) is 3.31. The van der Waals surface area contributed by atoms with Crippen LogP contribution in [-0.2, 0) is 6.61 Å². The van der Waals surface area contributed by atoms with Crippen LogP contribution in [-0.4, -0.2) is 66.4 Å². The third kappa shape index (κ3) is 2.44. The van der Waals surface area contributed by atoms with Crippen molar-refractivity contribution in [3.8, 4) is 0 Å². The van der Waals surface area contributed by atoms with Crippen molar-refractivity contribution in [2.75, 3.05) is 17.3 Å². The van der Waals surface area contributed by atoms with Gasteiger partial charge in [-0.25, -0.2) is 4.98 Å². The molecule has 2 unspecified atom stereocenters. The van der Waals surface area contributed by atoms with Crippen LogP contribution < -0.4 is 10.2 Å². The summed E-state index contributed by atoms with van der Waals surface area (Å²) in [5, 5.41) is 19.4. The molecule has 0 radical (unpaired) electrons. The molecule has 9 nitrogen and oxygen atoms in total. The van der Waals surface area contributed by atoms with E-state index in [0.717, 1.165) is 34.4 Å². The molecule has 28 heavy (non-hydrogen) atoms. The molecular formula is C18H22N8OS. The van der Waals surface area contributed by atoms with Crippen molar-refractivity contribution in [1.29, 1.82) is 0 Å². The molecule has 0 bridgehead atoms. The monoisotopic (exact) mass is 398 g/mol. The molecule has 3 aliphatic heterocycles. The van der Waals surface area contributed by atoms with Gasteiger partial charge < -0.3 is 15.3 Å². The Morgan fingerprint density at radius 1 is 1.25 bits per heavy atom. The molecule has 6 rings (SSSR count). The van der Waals surface area contributed by atoms with Crippen LogP contribution in [0.15, 0.2) is 11.6 Å². The maximum Gasteiger partial charge on any atom is 0.228 e. The number of aliphatic hydroxyl groups excluding tert-OH is 1. The van der Waals surface area contributed by atoms with E-state index < -0.39 is 0 Å². The van der Waals surface area contributed by atoms with Gasteiger partial charge in [-0.05, 0) is 25.7 Å². The summed E-state index contributed by atoms with van der Waals surface area (Å²) in [7, 11) is 2.11. The Kier molecular flexibility index (Phi) is 3.62. The minimum absolute atomic E-state index is 0.0829.